The molecule has 5 heteroatoms. The average molecular weight is 276 g/mol. The first-order valence-electron chi connectivity index (χ1n) is 6.80. The van der Waals surface area contributed by atoms with Crippen LogP contribution in [-0.2, 0) is 19.9 Å². The molecule has 2 rings (SSSR count). The summed E-state index contributed by atoms with van der Waals surface area (Å²) in [5.41, 5.74) is 1.92. The van der Waals surface area contributed by atoms with Crippen LogP contribution in [0.5, 0.6) is 0 Å². The molecule has 0 saturated carbocycles. The lowest BCUT2D eigenvalue weighted by Gasteiger charge is -2.39. The number of carbonyl (C=O) groups excluding carboxylic acids is 2. The monoisotopic (exact) mass is 276 g/mol. The summed E-state index contributed by atoms with van der Waals surface area (Å²) in [6, 6.07) is 8.21. The van der Waals surface area contributed by atoms with Gasteiger partial charge in [-0.1, -0.05) is 29.8 Å². The van der Waals surface area contributed by atoms with Gasteiger partial charge >= 0.3 is 0 Å². The number of benzene rings is 1. The molecule has 0 radical (unpaired) electrons. The summed E-state index contributed by atoms with van der Waals surface area (Å²) in [4.78, 5) is 22.1. The number of ether oxygens (including phenoxy) is 1. The zero-order valence-electron chi connectivity index (χ0n) is 11.6. The molecule has 1 aliphatic rings. The van der Waals surface area contributed by atoms with Crippen molar-refractivity contribution < 1.29 is 14.3 Å². The highest BCUT2D eigenvalue weighted by atomic mass is 16.5. The molecule has 0 bridgehead atoms. The van der Waals surface area contributed by atoms with E-state index in [2.05, 4.69) is 27.5 Å². The molecule has 1 aromatic rings. The molecule has 0 spiro atoms. The van der Waals surface area contributed by atoms with E-state index in [0.717, 1.165) is 31.5 Å². The van der Waals surface area contributed by atoms with E-state index in [4.69, 9.17) is 0 Å². The second kappa shape index (κ2) is 6.52. The number of nitrogens with one attached hydrogen (secondary N) is 2. The van der Waals surface area contributed by atoms with Gasteiger partial charge in [0.15, 0.2) is 6.61 Å². The Morgan fingerprint density at radius 3 is 2.60 bits per heavy atom. The second-order valence-corrected chi connectivity index (χ2v) is 5.15. The highest BCUT2D eigenvalue weighted by molar-refractivity contribution is 5.79. The summed E-state index contributed by atoms with van der Waals surface area (Å²) in [5, 5.41) is 6.34. The lowest BCUT2D eigenvalue weighted by molar-refractivity contribution is -0.138. The van der Waals surface area contributed by atoms with Gasteiger partial charge in [-0.15, -0.1) is 0 Å². The van der Waals surface area contributed by atoms with E-state index in [1.807, 2.05) is 19.1 Å². The van der Waals surface area contributed by atoms with Crippen molar-refractivity contribution in [3.8, 4) is 0 Å². The van der Waals surface area contributed by atoms with Gasteiger partial charge in [-0.25, -0.2) is 0 Å². The van der Waals surface area contributed by atoms with Crippen LogP contribution in [0.3, 0.4) is 0 Å². The summed E-state index contributed by atoms with van der Waals surface area (Å²) >= 11 is 0. The molecule has 0 aromatic heterocycles. The summed E-state index contributed by atoms with van der Waals surface area (Å²) in [7, 11) is 0. The highest BCUT2D eigenvalue weighted by Crippen LogP contribution is 2.30. The van der Waals surface area contributed by atoms with Gasteiger partial charge in [0.05, 0.1) is 5.54 Å². The number of rotatable bonds is 5. The van der Waals surface area contributed by atoms with Gasteiger partial charge in [-0.2, -0.15) is 0 Å². The molecule has 1 heterocycles. The number of hydrogen-bond donors (Lipinski definition) is 2. The van der Waals surface area contributed by atoms with Gasteiger partial charge in [0.25, 0.3) is 12.4 Å². The molecule has 0 atom stereocenters. The number of hydrogen-bond acceptors (Lipinski definition) is 4. The Morgan fingerprint density at radius 1 is 1.35 bits per heavy atom. The van der Waals surface area contributed by atoms with Gasteiger partial charge in [0, 0.05) is 0 Å². The van der Waals surface area contributed by atoms with E-state index in [9.17, 15) is 9.59 Å². The molecule has 1 aromatic carbocycles. The van der Waals surface area contributed by atoms with Crippen molar-refractivity contribution >= 4 is 12.4 Å². The molecular weight excluding hydrogens is 256 g/mol. The number of aryl methyl sites for hydroxylation is 1. The maximum atomic E-state index is 11.9. The van der Waals surface area contributed by atoms with E-state index < -0.39 is 0 Å². The Balaban J connectivity index is 2.18. The van der Waals surface area contributed by atoms with Crippen LogP contribution in [0.15, 0.2) is 24.3 Å². The molecule has 5 nitrogen and oxygen atoms in total. The van der Waals surface area contributed by atoms with Crippen molar-refractivity contribution in [2.75, 3.05) is 19.7 Å². The smallest absolute Gasteiger partial charge is 0.293 e. The second-order valence-electron chi connectivity index (χ2n) is 5.15. The lowest BCUT2D eigenvalue weighted by atomic mass is 9.81. The number of carbonyl (C=O) groups is 2. The summed E-state index contributed by atoms with van der Waals surface area (Å²) in [6.07, 6.45) is 1.64. The topological polar surface area (TPSA) is 67.4 Å². The fourth-order valence-corrected chi connectivity index (χ4v) is 2.62. The Bertz CT molecular complexity index is 465. The Labute approximate surface area is 118 Å². The predicted molar refractivity (Wildman–Crippen MR) is 75.1 cm³/mol. The highest BCUT2D eigenvalue weighted by Gasteiger charge is 2.35. The maximum absolute atomic E-state index is 11.9. The van der Waals surface area contributed by atoms with Crippen LogP contribution < -0.4 is 10.6 Å². The molecule has 1 fully saturated rings. The minimum Gasteiger partial charge on any atom is -0.458 e. The predicted octanol–water partition coefficient (Wildman–Crippen LogP) is 0.863. The van der Waals surface area contributed by atoms with Gasteiger partial charge < -0.3 is 15.4 Å². The van der Waals surface area contributed by atoms with Crippen molar-refractivity contribution in [3.05, 3.63) is 35.4 Å². The molecule has 20 heavy (non-hydrogen) atoms. The van der Waals surface area contributed by atoms with Crippen LogP contribution in [0, 0.1) is 6.92 Å². The molecule has 1 amide bonds. The van der Waals surface area contributed by atoms with E-state index in [1.54, 1.807) is 0 Å². The first kappa shape index (κ1) is 14.5. The van der Waals surface area contributed by atoms with E-state index in [-0.39, 0.29) is 18.1 Å². The zero-order chi connectivity index (χ0) is 14.4. The number of piperidine rings is 1. The quantitative estimate of drug-likeness (QED) is 0.783. The molecule has 0 unspecified atom stereocenters. The van der Waals surface area contributed by atoms with Gasteiger partial charge in [-0.3, -0.25) is 9.59 Å². The average Bonchev–Trinajstić information content (AvgIpc) is 2.46. The third-order valence-corrected chi connectivity index (χ3v) is 3.72. The molecular formula is C15H20N2O3. The van der Waals surface area contributed by atoms with Crippen molar-refractivity contribution in [1.29, 1.82) is 0 Å². The minimum atomic E-state index is -0.373. The Morgan fingerprint density at radius 2 is 2.00 bits per heavy atom. The van der Waals surface area contributed by atoms with Crippen molar-refractivity contribution in [3.63, 3.8) is 0 Å². The normalized spacial score (nSPS) is 17.2. The SMILES string of the molecule is Cc1ccc(C2(NC(=O)COC=O)CCNCC2)cc1. The summed E-state index contributed by atoms with van der Waals surface area (Å²) in [6.45, 7) is 3.80. The van der Waals surface area contributed by atoms with Crippen LogP contribution >= 0.6 is 0 Å². The Kier molecular flexibility index (Phi) is 4.74. The largest absolute Gasteiger partial charge is 0.458 e. The van der Waals surface area contributed by atoms with Crippen molar-refractivity contribution in [1.82, 2.24) is 10.6 Å². The molecule has 0 aliphatic carbocycles. The van der Waals surface area contributed by atoms with Gasteiger partial charge in [-0.05, 0) is 38.4 Å². The van der Waals surface area contributed by atoms with Gasteiger partial charge in [0.1, 0.15) is 0 Å². The van der Waals surface area contributed by atoms with Crippen LogP contribution in [0.1, 0.15) is 24.0 Å². The van der Waals surface area contributed by atoms with Crippen LogP contribution in [0.2, 0.25) is 0 Å². The Hall–Kier alpha value is -1.88. The maximum Gasteiger partial charge on any atom is 0.293 e. The minimum absolute atomic E-state index is 0.232. The van der Waals surface area contributed by atoms with Crippen molar-refractivity contribution in [2.24, 2.45) is 0 Å². The summed E-state index contributed by atoms with van der Waals surface area (Å²) < 4.78 is 4.53. The van der Waals surface area contributed by atoms with Gasteiger partial charge in [0.2, 0.25) is 0 Å². The van der Waals surface area contributed by atoms with E-state index >= 15 is 0 Å². The van der Waals surface area contributed by atoms with Crippen LogP contribution in [0.25, 0.3) is 0 Å². The molecule has 108 valence electrons. The molecule has 1 aliphatic heterocycles. The van der Waals surface area contributed by atoms with E-state index in [0.29, 0.717) is 6.47 Å². The summed E-state index contributed by atoms with van der Waals surface area (Å²) in [5.74, 6) is -0.264. The fraction of sp³-hybridized carbons (Fsp3) is 0.467. The third kappa shape index (κ3) is 3.36. The molecule has 1 saturated heterocycles. The fourth-order valence-electron chi connectivity index (χ4n) is 2.62. The standard InChI is InChI=1S/C15H20N2O3/c1-12-2-4-13(5-3-12)15(6-8-16-9-7-15)17-14(19)10-20-11-18/h2-5,11,16H,6-10H2,1H3,(H,17,19). The number of amides is 1. The van der Waals surface area contributed by atoms with Crippen LogP contribution in [-0.4, -0.2) is 32.1 Å². The zero-order valence-corrected chi connectivity index (χ0v) is 11.6. The van der Waals surface area contributed by atoms with Crippen LogP contribution in [0.4, 0.5) is 0 Å². The molecule has 2 N–H and O–H groups in total. The first-order chi connectivity index (χ1) is 9.66. The van der Waals surface area contributed by atoms with Crippen molar-refractivity contribution in [2.45, 2.75) is 25.3 Å². The lowest BCUT2D eigenvalue weighted by Crippen LogP contribution is -2.53. The first-order valence-corrected chi connectivity index (χ1v) is 6.80. The third-order valence-electron chi connectivity index (χ3n) is 3.72. The van der Waals surface area contributed by atoms with E-state index in [1.165, 1.54) is 5.56 Å².